The van der Waals surface area contributed by atoms with Crippen molar-refractivity contribution in [1.29, 1.82) is 0 Å². The van der Waals surface area contributed by atoms with Crippen molar-refractivity contribution in [2.24, 2.45) is 0 Å². The number of nitrogens with two attached hydrogens (primary N) is 1. The number of nitrogens with zero attached hydrogens (tertiary/aromatic N) is 1. The van der Waals surface area contributed by atoms with E-state index in [1.807, 2.05) is 0 Å². The summed E-state index contributed by atoms with van der Waals surface area (Å²) in [4.78, 5) is 46.6. The number of carbonyl (C=O) groups excluding carboxylic acids is 2. The van der Waals surface area contributed by atoms with Crippen molar-refractivity contribution in [2.45, 2.75) is 0 Å². The van der Waals surface area contributed by atoms with Gasteiger partial charge in [0.15, 0.2) is 0 Å². The van der Waals surface area contributed by atoms with Gasteiger partial charge in [0.25, 0.3) is 17.4 Å². The maximum Gasteiger partial charge on any atom is 0.336 e. The predicted octanol–water partition coefficient (Wildman–Crippen LogP) is 0.764. The van der Waals surface area contributed by atoms with E-state index >= 15 is 0 Å². The van der Waals surface area contributed by atoms with Crippen molar-refractivity contribution in [1.82, 2.24) is 9.88 Å². The molecular weight excluding hydrogens is 370 g/mol. The van der Waals surface area contributed by atoms with Crippen LogP contribution in [0, 0.1) is 0 Å². The number of anilines is 1. The highest BCUT2D eigenvalue weighted by Gasteiger charge is 2.31. The predicted molar refractivity (Wildman–Crippen MR) is 82.9 cm³/mol. The molecule has 0 radical (unpaired) electrons. The van der Waals surface area contributed by atoms with E-state index in [2.05, 4.69) is 21.2 Å². The van der Waals surface area contributed by atoms with Crippen LogP contribution in [0.4, 0.5) is 5.82 Å². The van der Waals surface area contributed by atoms with Crippen molar-refractivity contribution in [3.8, 4) is 5.69 Å². The van der Waals surface area contributed by atoms with Gasteiger partial charge in [0, 0.05) is 10.5 Å². The number of aromatic nitrogens is 1. The first-order chi connectivity index (χ1) is 10.8. The van der Waals surface area contributed by atoms with Gasteiger partial charge in [-0.25, -0.2) is 4.79 Å². The Balaban J connectivity index is 2.27. The number of carbonyl (C=O) groups is 3. The summed E-state index contributed by atoms with van der Waals surface area (Å²) in [5.41, 5.74) is 5.40. The van der Waals surface area contributed by atoms with Crippen LogP contribution in [0.1, 0.15) is 31.1 Å². The highest BCUT2D eigenvalue weighted by molar-refractivity contribution is 9.10. The van der Waals surface area contributed by atoms with Gasteiger partial charge >= 0.3 is 5.97 Å². The third-order valence-electron chi connectivity index (χ3n) is 3.39. The van der Waals surface area contributed by atoms with Crippen LogP contribution >= 0.6 is 15.9 Å². The highest BCUT2D eigenvalue weighted by Crippen LogP contribution is 2.25. The molecule has 0 saturated carbocycles. The van der Waals surface area contributed by atoms with Crippen LogP contribution in [0.2, 0.25) is 0 Å². The first-order valence-corrected chi connectivity index (χ1v) is 7.05. The summed E-state index contributed by atoms with van der Waals surface area (Å²) in [6.07, 6.45) is 0. The van der Waals surface area contributed by atoms with Gasteiger partial charge in [0.05, 0.1) is 22.4 Å². The molecule has 4 N–H and O–H groups in total. The fraction of sp³-hybridized carbons (Fsp3) is 0. The fourth-order valence-corrected chi connectivity index (χ4v) is 2.90. The molecule has 1 aliphatic rings. The van der Waals surface area contributed by atoms with Crippen molar-refractivity contribution in [3.05, 3.63) is 55.8 Å². The van der Waals surface area contributed by atoms with E-state index in [1.54, 1.807) is 0 Å². The summed E-state index contributed by atoms with van der Waals surface area (Å²) in [5, 5.41) is 11.1. The molecule has 2 amide bonds. The molecule has 0 bridgehead atoms. The van der Waals surface area contributed by atoms with Crippen LogP contribution in [-0.4, -0.2) is 27.5 Å². The lowest BCUT2D eigenvalue weighted by molar-refractivity contribution is 0.0695. The van der Waals surface area contributed by atoms with E-state index in [0.29, 0.717) is 0 Å². The van der Waals surface area contributed by atoms with E-state index in [4.69, 9.17) is 10.8 Å². The van der Waals surface area contributed by atoms with Crippen molar-refractivity contribution < 1.29 is 19.5 Å². The van der Waals surface area contributed by atoms with Crippen molar-refractivity contribution >= 4 is 39.5 Å². The second-order valence-electron chi connectivity index (χ2n) is 4.74. The lowest BCUT2D eigenvalue weighted by atomic mass is 10.1. The number of carboxylic acid groups (broad SMARTS) is 1. The largest absolute Gasteiger partial charge is 0.478 e. The van der Waals surface area contributed by atoms with Crippen molar-refractivity contribution in [2.75, 3.05) is 5.73 Å². The first kappa shape index (κ1) is 15.0. The topological polar surface area (TPSA) is 131 Å². The number of carboxylic acids is 1. The SMILES string of the molecule is Nc1c2c(cc(=O)n1-c1ccc(C(=O)O)c(Br)c1)C(=O)NC2=O. The number of hydrogen-bond acceptors (Lipinski definition) is 5. The molecule has 1 aromatic heterocycles. The van der Waals surface area contributed by atoms with Gasteiger partial charge < -0.3 is 10.8 Å². The Hall–Kier alpha value is -2.94. The maximum absolute atomic E-state index is 12.2. The van der Waals surface area contributed by atoms with Crippen LogP contribution in [0.25, 0.3) is 5.69 Å². The summed E-state index contributed by atoms with van der Waals surface area (Å²) < 4.78 is 1.28. The normalized spacial score (nSPS) is 12.9. The zero-order valence-electron chi connectivity index (χ0n) is 11.3. The van der Waals surface area contributed by atoms with E-state index < -0.39 is 23.3 Å². The van der Waals surface area contributed by atoms with E-state index in [9.17, 15) is 19.2 Å². The second-order valence-corrected chi connectivity index (χ2v) is 5.60. The van der Waals surface area contributed by atoms with Gasteiger partial charge in [0.1, 0.15) is 5.82 Å². The number of benzene rings is 1. The Kier molecular flexibility index (Phi) is 3.29. The molecule has 0 fully saturated rings. The minimum atomic E-state index is -1.14. The quantitative estimate of drug-likeness (QED) is 0.662. The third-order valence-corrected chi connectivity index (χ3v) is 4.05. The van der Waals surface area contributed by atoms with Gasteiger partial charge in [-0.1, -0.05) is 0 Å². The highest BCUT2D eigenvalue weighted by atomic mass is 79.9. The maximum atomic E-state index is 12.2. The second kappa shape index (κ2) is 5.06. The van der Waals surface area contributed by atoms with Crippen LogP contribution in [0.5, 0.6) is 0 Å². The molecule has 23 heavy (non-hydrogen) atoms. The molecule has 3 rings (SSSR count). The minimum absolute atomic E-state index is 0.00875. The molecule has 2 aromatic rings. The van der Waals surface area contributed by atoms with Crippen LogP contribution in [-0.2, 0) is 0 Å². The van der Waals surface area contributed by atoms with Gasteiger partial charge in [-0.05, 0) is 34.1 Å². The number of halogens is 1. The molecule has 0 spiro atoms. The summed E-state index contributed by atoms with van der Waals surface area (Å²) in [6.45, 7) is 0. The smallest absolute Gasteiger partial charge is 0.336 e. The average molecular weight is 378 g/mol. The van der Waals surface area contributed by atoms with E-state index in [-0.39, 0.29) is 32.7 Å². The number of hydrogen-bond donors (Lipinski definition) is 3. The summed E-state index contributed by atoms with van der Waals surface area (Å²) in [5.74, 6) is -2.69. The Bertz CT molecular complexity index is 964. The molecular formula is C14H8BrN3O5. The zero-order chi connectivity index (χ0) is 16.9. The number of rotatable bonds is 2. The number of amides is 2. The summed E-state index contributed by atoms with van der Waals surface area (Å²) >= 11 is 3.11. The Morgan fingerprint density at radius 3 is 2.48 bits per heavy atom. The number of imide groups is 1. The molecule has 0 aliphatic carbocycles. The number of nitrogen functional groups attached to an aromatic ring is 1. The molecule has 1 aromatic carbocycles. The Morgan fingerprint density at radius 1 is 1.17 bits per heavy atom. The first-order valence-electron chi connectivity index (χ1n) is 6.25. The zero-order valence-corrected chi connectivity index (χ0v) is 12.9. The Labute approximate surface area is 136 Å². The van der Waals surface area contributed by atoms with Gasteiger partial charge in [-0.15, -0.1) is 0 Å². The minimum Gasteiger partial charge on any atom is -0.478 e. The number of fused-ring (bicyclic) bond motifs is 1. The molecule has 0 saturated heterocycles. The average Bonchev–Trinajstić information content (AvgIpc) is 2.73. The van der Waals surface area contributed by atoms with E-state index in [1.165, 1.54) is 18.2 Å². The van der Waals surface area contributed by atoms with Gasteiger partial charge in [-0.2, -0.15) is 0 Å². The van der Waals surface area contributed by atoms with Gasteiger partial charge in [0.2, 0.25) is 0 Å². The summed E-state index contributed by atoms with van der Waals surface area (Å²) in [6, 6.07) is 5.09. The number of nitrogens with one attached hydrogen (secondary N) is 1. The molecule has 9 heteroatoms. The Morgan fingerprint density at radius 2 is 1.87 bits per heavy atom. The molecule has 8 nitrogen and oxygen atoms in total. The van der Waals surface area contributed by atoms with E-state index in [0.717, 1.165) is 10.6 Å². The fourth-order valence-electron chi connectivity index (χ4n) is 2.36. The lowest BCUT2D eigenvalue weighted by Crippen LogP contribution is -2.24. The van der Waals surface area contributed by atoms with Crippen molar-refractivity contribution in [3.63, 3.8) is 0 Å². The van der Waals surface area contributed by atoms with Gasteiger partial charge in [-0.3, -0.25) is 24.3 Å². The molecule has 2 heterocycles. The standard InChI is InChI=1S/C14H8BrN3O5/c15-8-3-5(1-2-6(8)14(22)23)18-9(19)4-7-10(11(18)16)13(21)17-12(7)20/h1-4H,16H2,(H,22,23)(H,17,20,21). The van der Waals surface area contributed by atoms with Crippen LogP contribution in [0.3, 0.4) is 0 Å². The lowest BCUT2D eigenvalue weighted by Gasteiger charge is -2.12. The summed E-state index contributed by atoms with van der Waals surface area (Å²) in [7, 11) is 0. The van der Waals surface area contributed by atoms with Crippen LogP contribution in [0.15, 0.2) is 33.5 Å². The number of pyridine rings is 1. The monoisotopic (exact) mass is 377 g/mol. The molecule has 0 unspecified atom stereocenters. The number of aromatic carboxylic acids is 1. The molecule has 1 aliphatic heterocycles. The molecule has 116 valence electrons. The van der Waals surface area contributed by atoms with Crippen LogP contribution < -0.4 is 16.6 Å². The third kappa shape index (κ3) is 2.21. The molecule has 0 atom stereocenters.